The molecule has 0 saturated carbocycles. The number of nitrogens with zero attached hydrogens (tertiary/aromatic N) is 5. The van der Waals surface area contributed by atoms with Crippen LogP contribution < -0.4 is 5.32 Å². The lowest BCUT2D eigenvalue weighted by Crippen LogP contribution is -2.25. The molecule has 0 aliphatic heterocycles. The Balaban J connectivity index is 1.34. The number of rotatable bonds is 7. The smallest absolute Gasteiger partial charge is 0.316 e. The predicted octanol–water partition coefficient (Wildman–Crippen LogP) is 2.54. The summed E-state index contributed by atoms with van der Waals surface area (Å²) in [5.41, 5.74) is 1.82. The van der Waals surface area contributed by atoms with Crippen LogP contribution in [-0.4, -0.2) is 36.7 Å². The third-order valence-electron chi connectivity index (χ3n) is 4.09. The summed E-state index contributed by atoms with van der Waals surface area (Å²) in [4.78, 5) is 20.3. The molecule has 0 fully saturated rings. The molecule has 0 unspecified atom stereocenters. The summed E-state index contributed by atoms with van der Waals surface area (Å²) in [6.07, 6.45) is 10.1. The molecule has 8 nitrogen and oxygen atoms in total. The monoisotopic (exact) mass is 362 g/mol. The van der Waals surface area contributed by atoms with Crippen LogP contribution in [0.15, 0.2) is 72.0 Å². The molecular formula is C19H18N6O2. The van der Waals surface area contributed by atoms with E-state index in [-0.39, 0.29) is 11.8 Å². The molecule has 3 heterocycles. The molecule has 3 aromatic heterocycles. The number of hydrogen-bond donors (Lipinski definition) is 1. The Morgan fingerprint density at radius 1 is 1.11 bits per heavy atom. The van der Waals surface area contributed by atoms with Crippen molar-refractivity contribution in [2.24, 2.45) is 0 Å². The van der Waals surface area contributed by atoms with Gasteiger partial charge in [0.2, 0.25) is 5.82 Å². The normalized spacial score (nSPS) is 10.8. The molecule has 0 spiro atoms. The minimum atomic E-state index is -0.372. The van der Waals surface area contributed by atoms with Gasteiger partial charge in [-0.3, -0.25) is 4.79 Å². The predicted molar refractivity (Wildman–Crippen MR) is 98.2 cm³/mol. The molecule has 1 N–H and O–H groups in total. The van der Waals surface area contributed by atoms with E-state index in [1.165, 1.54) is 0 Å². The third kappa shape index (κ3) is 3.95. The van der Waals surface area contributed by atoms with Gasteiger partial charge in [-0.25, -0.2) is 4.98 Å². The van der Waals surface area contributed by atoms with Crippen LogP contribution in [0.3, 0.4) is 0 Å². The Hall–Kier alpha value is -3.68. The first-order valence-electron chi connectivity index (χ1n) is 8.61. The van der Waals surface area contributed by atoms with Gasteiger partial charge in [-0.2, -0.15) is 4.98 Å². The summed E-state index contributed by atoms with van der Waals surface area (Å²) in [7, 11) is 0. The highest BCUT2D eigenvalue weighted by atomic mass is 16.5. The summed E-state index contributed by atoms with van der Waals surface area (Å²) in [5, 5.41) is 6.68. The van der Waals surface area contributed by atoms with Gasteiger partial charge in [0.15, 0.2) is 0 Å². The Bertz CT molecular complexity index is 987. The molecule has 0 atom stereocenters. The zero-order valence-electron chi connectivity index (χ0n) is 14.5. The highest BCUT2D eigenvalue weighted by Gasteiger charge is 2.15. The van der Waals surface area contributed by atoms with Crippen LogP contribution in [0, 0.1) is 0 Å². The Morgan fingerprint density at radius 3 is 2.67 bits per heavy atom. The lowest BCUT2D eigenvalue weighted by molar-refractivity contribution is 0.0909. The van der Waals surface area contributed by atoms with E-state index in [1.54, 1.807) is 12.5 Å². The summed E-state index contributed by atoms with van der Waals surface area (Å²) < 4.78 is 9.05. The molecular weight excluding hydrogens is 344 g/mol. The SMILES string of the molecule is O=C(NCCCn1ccnc1)c1nc(-c2ccc(-n3cccc3)cc2)no1. The summed E-state index contributed by atoms with van der Waals surface area (Å²) in [6.45, 7) is 1.30. The van der Waals surface area contributed by atoms with Crippen molar-refractivity contribution in [1.82, 2.24) is 29.6 Å². The van der Waals surface area contributed by atoms with Crippen molar-refractivity contribution in [3.05, 3.63) is 73.4 Å². The lowest BCUT2D eigenvalue weighted by Gasteiger charge is -2.03. The fraction of sp³-hybridized carbons (Fsp3) is 0.158. The molecule has 8 heteroatoms. The number of carbonyl (C=O) groups is 1. The second kappa shape index (κ2) is 7.69. The molecule has 1 aromatic carbocycles. The Labute approximate surface area is 155 Å². The van der Waals surface area contributed by atoms with E-state index in [0.29, 0.717) is 12.4 Å². The molecule has 0 radical (unpaired) electrons. The number of imidazole rings is 1. The van der Waals surface area contributed by atoms with Gasteiger partial charge in [0.1, 0.15) is 0 Å². The van der Waals surface area contributed by atoms with Gasteiger partial charge in [-0.05, 0) is 42.8 Å². The average Bonchev–Trinajstić information content (AvgIpc) is 3.47. The van der Waals surface area contributed by atoms with Crippen LogP contribution in [0.5, 0.6) is 0 Å². The van der Waals surface area contributed by atoms with Gasteiger partial charge < -0.3 is 19.0 Å². The van der Waals surface area contributed by atoms with Gasteiger partial charge in [-0.1, -0.05) is 5.16 Å². The van der Waals surface area contributed by atoms with Crippen LogP contribution in [0.2, 0.25) is 0 Å². The number of benzene rings is 1. The Kier molecular flexibility index (Phi) is 4.78. The maximum Gasteiger partial charge on any atom is 0.316 e. The topological polar surface area (TPSA) is 90.8 Å². The van der Waals surface area contributed by atoms with Crippen molar-refractivity contribution in [3.63, 3.8) is 0 Å². The summed E-state index contributed by atoms with van der Waals surface area (Å²) in [5.74, 6) is -0.0249. The molecule has 4 aromatic rings. The zero-order valence-corrected chi connectivity index (χ0v) is 14.5. The van der Waals surface area contributed by atoms with Crippen LogP contribution in [0.1, 0.15) is 17.1 Å². The van der Waals surface area contributed by atoms with E-state index in [0.717, 1.165) is 24.2 Å². The van der Waals surface area contributed by atoms with Crippen molar-refractivity contribution < 1.29 is 9.32 Å². The highest BCUT2D eigenvalue weighted by Crippen LogP contribution is 2.18. The fourth-order valence-electron chi connectivity index (χ4n) is 2.68. The van der Waals surface area contributed by atoms with E-state index in [2.05, 4.69) is 20.4 Å². The molecule has 0 aliphatic carbocycles. The molecule has 0 saturated heterocycles. The second-order valence-electron chi connectivity index (χ2n) is 5.97. The third-order valence-corrected chi connectivity index (χ3v) is 4.09. The van der Waals surface area contributed by atoms with E-state index in [4.69, 9.17) is 4.52 Å². The van der Waals surface area contributed by atoms with E-state index < -0.39 is 0 Å². The number of aromatic nitrogens is 5. The van der Waals surface area contributed by atoms with Crippen molar-refractivity contribution in [2.45, 2.75) is 13.0 Å². The van der Waals surface area contributed by atoms with Crippen LogP contribution in [0.25, 0.3) is 17.1 Å². The van der Waals surface area contributed by atoms with Gasteiger partial charge in [-0.15, -0.1) is 0 Å². The molecule has 1 amide bonds. The largest absolute Gasteiger partial charge is 0.348 e. The molecule has 27 heavy (non-hydrogen) atoms. The minimum Gasteiger partial charge on any atom is -0.348 e. The van der Waals surface area contributed by atoms with Crippen LogP contribution in [-0.2, 0) is 6.54 Å². The standard InChI is InChI=1S/C19H18N6O2/c26-18(21-8-3-10-24-13-9-20-14-24)19-22-17(23-27-19)15-4-6-16(7-5-15)25-11-1-2-12-25/h1-2,4-7,9,11-14H,3,8,10H2,(H,21,26). The number of hydrogen-bond acceptors (Lipinski definition) is 5. The van der Waals surface area contributed by atoms with Crippen molar-refractivity contribution >= 4 is 5.91 Å². The van der Waals surface area contributed by atoms with Crippen molar-refractivity contribution in [2.75, 3.05) is 6.54 Å². The summed E-state index contributed by atoms with van der Waals surface area (Å²) in [6, 6.07) is 11.6. The number of nitrogens with one attached hydrogen (secondary N) is 1. The lowest BCUT2D eigenvalue weighted by atomic mass is 10.2. The fourth-order valence-corrected chi connectivity index (χ4v) is 2.68. The molecule has 0 bridgehead atoms. The number of amides is 1. The van der Waals surface area contributed by atoms with Crippen LogP contribution >= 0.6 is 0 Å². The highest BCUT2D eigenvalue weighted by molar-refractivity contribution is 5.89. The minimum absolute atomic E-state index is 0.0397. The average molecular weight is 362 g/mol. The first-order valence-corrected chi connectivity index (χ1v) is 8.61. The van der Waals surface area contributed by atoms with Gasteiger partial charge in [0.05, 0.1) is 6.33 Å². The van der Waals surface area contributed by atoms with Gasteiger partial charge in [0.25, 0.3) is 0 Å². The van der Waals surface area contributed by atoms with Gasteiger partial charge >= 0.3 is 11.8 Å². The summed E-state index contributed by atoms with van der Waals surface area (Å²) >= 11 is 0. The van der Waals surface area contributed by atoms with Crippen LogP contribution in [0.4, 0.5) is 0 Å². The number of aryl methyl sites for hydroxylation is 1. The van der Waals surface area contributed by atoms with E-state index in [1.807, 2.05) is 64.1 Å². The van der Waals surface area contributed by atoms with Crippen molar-refractivity contribution in [1.29, 1.82) is 0 Å². The quantitative estimate of drug-likeness (QED) is 0.510. The molecule has 4 rings (SSSR count). The maximum atomic E-state index is 12.1. The van der Waals surface area contributed by atoms with Gasteiger partial charge in [0, 0.05) is 49.1 Å². The maximum absolute atomic E-state index is 12.1. The molecule has 0 aliphatic rings. The second-order valence-corrected chi connectivity index (χ2v) is 5.97. The number of carbonyl (C=O) groups excluding carboxylic acids is 1. The van der Waals surface area contributed by atoms with Crippen molar-refractivity contribution in [3.8, 4) is 17.1 Å². The first-order chi connectivity index (χ1) is 13.3. The van der Waals surface area contributed by atoms with E-state index >= 15 is 0 Å². The van der Waals surface area contributed by atoms with E-state index in [9.17, 15) is 4.79 Å². The first kappa shape index (κ1) is 16.8. The zero-order chi connectivity index (χ0) is 18.5. The Morgan fingerprint density at radius 2 is 1.93 bits per heavy atom. The molecule has 136 valence electrons.